The smallest absolute Gasteiger partial charge is 0.138 e. The van der Waals surface area contributed by atoms with E-state index in [1.54, 1.807) is 17.8 Å². The van der Waals surface area contributed by atoms with Crippen molar-refractivity contribution in [3.8, 4) is 0 Å². The van der Waals surface area contributed by atoms with Crippen molar-refractivity contribution in [2.45, 2.75) is 29.9 Å². The summed E-state index contributed by atoms with van der Waals surface area (Å²) in [6.07, 6.45) is 5.02. The number of nitrogens with two attached hydrogens (primary N) is 1. The third kappa shape index (κ3) is 3.60. The van der Waals surface area contributed by atoms with Crippen molar-refractivity contribution in [1.29, 1.82) is 0 Å². The lowest BCUT2D eigenvalue weighted by atomic mass is 9.87. The van der Waals surface area contributed by atoms with Crippen LogP contribution < -0.4 is 5.73 Å². The molecule has 110 valence electrons. The number of halogens is 1. The average Bonchev–Trinajstić information content (AvgIpc) is 2.52. The van der Waals surface area contributed by atoms with Gasteiger partial charge in [-0.2, -0.15) is 0 Å². The van der Waals surface area contributed by atoms with Crippen molar-refractivity contribution in [2.24, 2.45) is 11.7 Å². The molecule has 1 aromatic heterocycles. The fourth-order valence-corrected chi connectivity index (χ4v) is 3.41. The maximum Gasteiger partial charge on any atom is 0.138 e. The Morgan fingerprint density at radius 2 is 2.29 bits per heavy atom. The van der Waals surface area contributed by atoms with E-state index in [0.717, 1.165) is 42.2 Å². The summed E-state index contributed by atoms with van der Waals surface area (Å²) in [4.78, 5) is 9.99. The molecule has 0 aliphatic heterocycles. The minimum absolute atomic E-state index is 0.209. The number of hydrogen-bond donors (Lipinski definition) is 1. The zero-order valence-electron chi connectivity index (χ0n) is 11.8. The van der Waals surface area contributed by atoms with Gasteiger partial charge in [0.05, 0.1) is 5.75 Å². The van der Waals surface area contributed by atoms with Gasteiger partial charge in [0, 0.05) is 16.8 Å². The topological polar surface area (TPSA) is 51.8 Å². The Morgan fingerprint density at radius 1 is 1.38 bits per heavy atom. The molecule has 21 heavy (non-hydrogen) atoms. The fourth-order valence-electron chi connectivity index (χ4n) is 2.60. The highest BCUT2D eigenvalue weighted by Crippen LogP contribution is 2.25. The predicted octanol–water partition coefficient (Wildman–Crippen LogP) is 2.97. The van der Waals surface area contributed by atoms with E-state index < -0.39 is 0 Å². The number of fused-ring (bicyclic) bond motifs is 1. The predicted molar refractivity (Wildman–Crippen MR) is 82.6 cm³/mol. The van der Waals surface area contributed by atoms with Crippen LogP contribution in [0.2, 0.25) is 0 Å². The van der Waals surface area contributed by atoms with E-state index in [-0.39, 0.29) is 5.82 Å². The number of nitrogens with zero attached hydrogens (tertiary/aromatic N) is 2. The van der Waals surface area contributed by atoms with Gasteiger partial charge in [0.2, 0.25) is 0 Å². The molecule has 0 saturated carbocycles. The van der Waals surface area contributed by atoms with Crippen LogP contribution in [0.15, 0.2) is 35.4 Å². The normalized spacial score (nSPS) is 17.5. The van der Waals surface area contributed by atoms with Gasteiger partial charge >= 0.3 is 0 Å². The van der Waals surface area contributed by atoms with Crippen LogP contribution in [0.1, 0.15) is 23.5 Å². The summed E-state index contributed by atoms with van der Waals surface area (Å²) in [5, 5.41) is 0. The number of aromatic nitrogens is 2. The third-order valence-electron chi connectivity index (χ3n) is 3.80. The van der Waals surface area contributed by atoms with Crippen LogP contribution in [0, 0.1) is 11.7 Å². The molecule has 0 radical (unpaired) electrons. The third-order valence-corrected chi connectivity index (χ3v) is 4.79. The van der Waals surface area contributed by atoms with Crippen LogP contribution in [0.4, 0.5) is 4.39 Å². The first kappa shape index (κ1) is 14.5. The molecule has 3 nitrogen and oxygen atoms in total. The minimum atomic E-state index is -0.209. The first-order valence-electron chi connectivity index (χ1n) is 7.16. The Morgan fingerprint density at radius 3 is 3.10 bits per heavy atom. The Kier molecular flexibility index (Phi) is 4.51. The number of benzene rings is 1. The Hall–Kier alpha value is -1.46. The molecule has 2 aromatic rings. The van der Waals surface area contributed by atoms with Gasteiger partial charge in [-0.1, -0.05) is 6.07 Å². The lowest BCUT2D eigenvalue weighted by Gasteiger charge is -2.22. The maximum absolute atomic E-state index is 13.1. The Balaban J connectivity index is 1.67. The first-order valence-corrected chi connectivity index (χ1v) is 8.15. The SMILES string of the molecule is NCC1CCc2nc(CSc3cccc(F)c3)ncc2C1. The highest BCUT2D eigenvalue weighted by Gasteiger charge is 2.19. The molecule has 1 aliphatic rings. The second kappa shape index (κ2) is 6.54. The summed E-state index contributed by atoms with van der Waals surface area (Å²) in [5.41, 5.74) is 8.13. The van der Waals surface area contributed by atoms with Crippen LogP contribution in [0.3, 0.4) is 0 Å². The Bertz CT molecular complexity index is 633. The van der Waals surface area contributed by atoms with Crippen molar-refractivity contribution in [1.82, 2.24) is 9.97 Å². The van der Waals surface area contributed by atoms with Gasteiger partial charge in [0.25, 0.3) is 0 Å². The molecule has 1 atom stereocenters. The molecule has 1 aliphatic carbocycles. The van der Waals surface area contributed by atoms with Crippen LogP contribution in [-0.4, -0.2) is 16.5 Å². The second-order valence-corrected chi connectivity index (χ2v) is 6.40. The first-order chi connectivity index (χ1) is 10.2. The van der Waals surface area contributed by atoms with E-state index in [1.807, 2.05) is 12.3 Å². The molecular formula is C16H18FN3S. The van der Waals surface area contributed by atoms with Crippen molar-refractivity contribution in [3.63, 3.8) is 0 Å². The van der Waals surface area contributed by atoms with E-state index in [4.69, 9.17) is 5.73 Å². The largest absolute Gasteiger partial charge is 0.330 e. The zero-order valence-corrected chi connectivity index (χ0v) is 12.6. The summed E-state index contributed by atoms with van der Waals surface area (Å²) in [6.45, 7) is 0.733. The summed E-state index contributed by atoms with van der Waals surface area (Å²) < 4.78 is 13.1. The maximum atomic E-state index is 13.1. The molecule has 0 amide bonds. The highest BCUT2D eigenvalue weighted by molar-refractivity contribution is 7.98. The van der Waals surface area contributed by atoms with Crippen molar-refractivity contribution in [3.05, 3.63) is 53.4 Å². The molecule has 5 heteroatoms. The van der Waals surface area contributed by atoms with E-state index in [9.17, 15) is 4.39 Å². The number of rotatable bonds is 4. The number of aryl methyl sites for hydroxylation is 1. The van der Waals surface area contributed by atoms with Crippen LogP contribution >= 0.6 is 11.8 Å². The molecule has 0 saturated heterocycles. The van der Waals surface area contributed by atoms with Gasteiger partial charge in [-0.25, -0.2) is 14.4 Å². The zero-order chi connectivity index (χ0) is 14.7. The molecule has 2 N–H and O–H groups in total. The van der Waals surface area contributed by atoms with Crippen LogP contribution in [-0.2, 0) is 18.6 Å². The quantitative estimate of drug-likeness (QED) is 0.882. The summed E-state index contributed by atoms with van der Waals surface area (Å²) in [6, 6.07) is 6.61. The van der Waals surface area contributed by atoms with Crippen molar-refractivity contribution in [2.75, 3.05) is 6.54 Å². The van der Waals surface area contributed by atoms with Gasteiger partial charge in [-0.05, 0) is 55.5 Å². The lowest BCUT2D eigenvalue weighted by molar-refractivity contribution is 0.460. The van der Waals surface area contributed by atoms with E-state index in [0.29, 0.717) is 11.7 Å². The molecule has 3 rings (SSSR count). The minimum Gasteiger partial charge on any atom is -0.330 e. The number of hydrogen-bond acceptors (Lipinski definition) is 4. The number of thioether (sulfide) groups is 1. The molecule has 0 spiro atoms. The fraction of sp³-hybridized carbons (Fsp3) is 0.375. The highest BCUT2D eigenvalue weighted by atomic mass is 32.2. The monoisotopic (exact) mass is 303 g/mol. The standard InChI is InChI=1S/C16H18FN3S/c17-13-2-1-3-14(7-13)21-10-16-19-9-12-6-11(8-18)4-5-15(12)20-16/h1-3,7,9,11H,4-6,8,10,18H2. The lowest BCUT2D eigenvalue weighted by Crippen LogP contribution is -2.23. The molecule has 0 fully saturated rings. The Labute approximate surface area is 128 Å². The summed E-state index contributed by atoms with van der Waals surface area (Å²) >= 11 is 1.56. The average molecular weight is 303 g/mol. The summed E-state index contributed by atoms with van der Waals surface area (Å²) in [7, 11) is 0. The van der Waals surface area contributed by atoms with Gasteiger partial charge < -0.3 is 5.73 Å². The summed E-state index contributed by atoms with van der Waals surface area (Å²) in [5.74, 6) is 1.83. The molecule has 1 unspecified atom stereocenters. The van der Waals surface area contributed by atoms with Crippen molar-refractivity contribution >= 4 is 11.8 Å². The van der Waals surface area contributed by atoms with E-state index in [1.165, 1.54) is 17.7 Å². The van der Waals surface area contributed by atoms with Gasteiger partial charge in [0.15, 0.2) is 0 Å². The molecule has 0 bridgehead atoms. The van der Waals surface area contributed by atoms with E-state index >= 15 is 0 Å². The van der Waals surface area contributed by atoms with E-state index in [2.05, 4.69) is 9.97 Å². The van der Waals surface area contributed by atoms with Gasteiger partial charge in [-0.15, -0.1) is 11.8 Å². The molecule has 1 aromatic carbocycles. The van der Waals surface area contributed by atoms with Crippen LogP contribution in [0.25, 0.3) is 0 Å². The molecular weight excluding hydrogens is 285 g/mol. The second-order valence-electron chi connectivity index (χ2n) is 5.35. The molecule has 1 heterocycles. The van der Waals surface area contributed by atoms with Crippen molar-refractivity contribution < 1.29 is 4.39 Å². The van der Waals surface area contributed by atoms with Crippen LogP contribution in [0.5, 0.6) is 0 Å². The van der Waals surface area contributed by atoms with Gasteiger partial charge in [-0.3, -0.25) is 0 Å². The van der Waals surface area contributed by atoms with Gasteiger partial charge in [0.1, 0.15) is 11.6 Å².